The topological polar surface area (TPSA) is 114 Å². The summed E-state index contributed by atoms with van der Waals surface area (Å²) >= 11 is 0.458. The quantitative estimate of drug-likeness (QED) is 0.213. The van der Waals surface area contributed by atoms with Gasteiger partial charge < -0.3 is 8.92 Å². The summed E-state index contributed by atoms with van der Waals surface area (Å²) in [5.74, 6) is -0.814. The van der Waals surface area contributed by atoms with Crippen LogP contribution in [-0.4, -0.2) is 31.2 Å². The van der Waals surface area contributed by atoms with Crippen molar-refractivity contribution < 1.29 is 32.3 Å². The van der Waals surface area contributed by atoms with Gasteiger partial charge in [-0.3, -0.25) is 19.2 Å². The number of nitro groups is 1. The number of ether oxygens (including phenoxy) is 1. The number of hydrogen-bond donors (Lipinski definition) is 0. The van der Waals surface area contributed by atoms with Gasteiger partial charge in [0.2, 0.25) is 0 Å². The van der Waals surface area contributed by atoms with E-state index in [2.05, 4.69) is 4.74 Å². The number of carbonyl (C=O) groups excluding carboxylic acids is 1. The lowest BCUT2D eigenvalue weighted by atomic mass is 10.2. The Hall–Kier alpha value is -1.61. The summed E-state index contributed by atoms with van der Waals surface area (Å²) in [5, 5.41) is 10.9. The lowest BCUT2D eigenvalue weighted by Gasteiger charge is -2.15. The van der Waals surface area contributed by atoms with E-state index in [1.165, 1.54) is 6.07 Å². The van der Waals surface area contributed by atoms with Gasteiger partial charge in [0.1, 0.15) is 11.3 Å². The molecule has 11 heteroatoms. The number of nitro benzene ring substituents is 1. The Labute approximate surface area is 136 Å². The highest BCUT2D eigenvalue weighted by Gasteiger charge is 2.28. The van der Waals surface area contributed by atoms with Gasteiger partial charge in [0, 0.05) is 12.1 Å². The predicted molar refractivity (Wildman–Crippen MR) is 83.5 cm³/mol. The second kappa shape index (κ2) is 8.88. The Balaban J connectivity index is 2.99. The molecular weight excluding hydrogens is 349 g/mol. The van der Waals surface area contributed by atoms with Crippen molar-refractivity contribution in [2.75, 3.05) is 20.3 Å². The van der Waals surface area contributed by atoms with Gasteiger partial charge in [-0.25, -0.2) is 9.36 Å². The van der Waals surface area contributed by atoms with Gasteiger partial charge >= 0.3 is 12.8 Å². The minimum atomic E-state index is -3.52. The minimum Gasteiger partial charge on any atom is -0.465 e. The van der Waals surface area contributed by atoms with E-state index < -0.39 is 23.4 Å². The van der Waals surface area contributed by atoms with Gasteiger partial charge in [-0.1, -0.05) is 0 Å². The van der Waals surface area contributed by atoms with Crippen LogP contribution >= 0.6 is 18.5 Å². The fourth-order valence-corrected chi connectivity index (χ4v) is 3.98. The van der Waals surface area contributed by atoms with Gasteiger partial charge in [-0.15, -0.1) is 0 Å². The van der Waals surface area contributed by atoms with Crippen LogP contribution in [0.1, 0.15) is 24.2 Å². The number of nitrogens with zero attached hydrogens (tertiary/aromatic N) is 1. The minimum absolute atomic E-state index is 0.0700. The van der Waals surface area contributed by atoms with E-state index in [0.29, 0.717) is 11.7 Å². The summed E-state index contributed by atoms with van der Waals surface area (Å²) in [6.07, 6.45) is 0. The first kappa shape index (κ1) is 19.4. The van der Waals surface area contributed by atoms with Crippen LogP contribution in [0.5, 0.6) is 5.75 Å². The zero-order chi connectivity index (χ0) is 17.5. The van der Waals surface area contributed by atoms with Gasteiger partial charge in [-0.05, 0) is 19.9 Å². The largest absolute Gasteiger partial charge is 0.465 e. The Morgan fingerprint density at radius 3 is 2.39 bits per heavy atom. The molecule has 0 aliphatic carbocycles. The molecule has 23 heavy (non-hydrogen) atoms. The molecule has 0 unspecified atom stereocenters. The highest BCUT2D eigenvalue weighted by molar-refractivity contribution is 8.52. The van der Waals surface area contributed by atoms with Gasteiger partial charge in [0.15, 0.2) is 11.7 Å². The summed E-state index contributed by atoms with van der Waals surface area (Å²) in [7, 11) is 1.10. The number of methoxy groups -OCH3 is 1. The van der Waals surface area contributed by atoms with E-state index >= 15 is 0 Å². The van der Waals surface area contributed by atoms with Crippen molar-refractivity contribution in [1.29, 1.82) is 0 Å². The van der Waals surface area contributed by atoms with Crippen molar-refractivity contribution in [3.8, 4) is 5.75 Å². The van der Waals surface area contributed by atoms with Crippen molar-refractivity contribution >= 4 is 30.1 Å². The normalized spacial score (nSPS) is 11.1. The van der Waals surface area contributed by atoms with Crippen LogP contribution in [-0.2, 0) is 18.3 Å². The van der Waals surface area contributed by atoms with Crippen molar-refractivity contribution in [2.45, 2.75) is 13.8 Å². The molecule has 0 aliphatic heterocycles. The van der Waals surface area contributed by atoms with Gasteiger partial charge in [0.25, 0.3) is 5.69 Å². The summed E-state index contributed by atoms with van der Waals surface area (Å²) in [6, 6.07) is 3.48. The zero-order valence-electron chi connectivity index (χ0n) is 12.7. The van der Waals surface area contributed by atoms with Crippen LogP contribution in [0.25, 0.3) is 0 Å². The molecule has 0 spiro atoms. The molecule has 0 atom stereocenters. The van der Waals surface area contributed by atoms with Crippen molar-refractivity contribution in [3.05, 3.63) is 33.9 Å². The van der Waals surface area contributed by atoms with Crippen LogP contribution in [0.3, 0.4) is 0 Å². The highest BCUT2D eigenvalue weighted by Crippen LogP contribution is 2.60. The number of rotatable bonds is 9. The molecule has 128 valence electrons. The maximum absolute atomic E-state index is 12.2. The predicted octanol–water partition coefficient (Wildman–Crippen LogP) is 3.59. The molecule has 0 fully saturated rings. The molecule has 0 aliphatic rings. The van der Waals surface area contributed by atoms with E-state index in [-0.39, 0.29) is 24.5 Å². The highest BCUT2D eigenvalue weighted by atomic mass is 32.7. The molecule has 0 radical (unpaired) electrons. The fourth-order valence-electron chi connectivity index (χ4n) is 1.48. The number of hydrogen-bond acceptors (Lipinski definition) is 9. The molecule has 0 N–H and O–H groups in total. The second-order valence-electron chi connectivity index (χ2n) is 3.87. The molecule has 1 aromatic carbocycles. The number of esters is 1. The third-order valence-corrected chi connectivity index (χ3v) is 5.37. The van der Waals surface area contributed by atoms with Crippen molar-refractivity contribution in [1.82, 2.24) is 0 Å². The molecule has 0 saturated heterocycles. The molecule has 1 aromatic rings. The summed E-state index contributed by atoms with van der Waals surface area (Å²) < 4.78 is 32.0. The smallest absolute Gasteiger partial charge is 0.427 e. The van der Waals surface area contributed by atoms with Crippen molar-refractivity contribution in [2.24, 2.45) is 0 Å². The molecule has 0 saturated carbocycles. The van der Waals surface area contributed by atoms with Crippen LogP contribution < -0.4 is 4.18 Å². The lowest BCUT2D eigenvalue weighted by molar-refractivity contribution is -0.385. The first-order valence-corrected chi connectivity index (χ1v) is 9.38. The molecule has 0 bridgehead atoms. The molecule has 1 rings (SSSR count). The van der Waals surface area contributed by atoms with E-state index in [0.717, 1.165) is 19.2 Å². The van der Waals surface area contributed by atoms with Crippen LogP contribution in [0, 0.1) is 10.1 Å². The summed E-state index contributed by atoms with van der Waals surface area (Å²) in [4.78, 5) is 21.8. The van der Waals surface area contributed by atoms with E-state index in [1.807, 2.05) is 0 Å². The monoisotopic (exact) mass is 365 g/mol. The molecule has 0 aromatic heterocycles. The van der Waals surface area contributed by atoms with Gasteiger partial charge in [0.05, 0.1) is 25.2 Å². The average Bonchev–Trinajstić information content (AvgIpc) is 2.52. The van der Waals surface area contributed by atoms with Crippen LogP contribution in [0.2, 0.25) is 0 Å². The average molecular weight is 365 g/mol. The SMILES string of the molecule is CCOP(=O)(OCC)SOc1ccc([N+](=O)[O-])c(C(=O)OC)c1. The summed E-state index contributed by atoms with van der Waals surface area (Å²) in [5.41, 5.74) is -0.703. The third-order valence-electron chi connectivity index (χ3n) is 2.37. The lowest BCUT2D eigenvalue weighted by Crippen LogP contribution is -2.05. The Morgan fingerprint density at radius 2 is 1.91 bits per heavy atom. The second-order valence-corrected chi connectivity index (χ2v) is 7.38. The molecular formula is C12H16NO8PS. The van der Waals surface area contributed by atoms with Crippen molar-refractivity contribution in [3.63, 3.8) is 0 Å². The fraction of sp³-hybridized carbons (Fsp3) is 0.417. The third kappa shape index (κ3) is 5.51. The zero-order valence-corrected chi connectivity index (χ0v) is 14.4. The Kier molecular flexibility index (Phi) is 7.50. The molecule has 0 amide bonds. The van der Waals surface area contributed by atoms with Crippen LogP contribution in [0.4, 0.5) is 5.69 Å². The van der Waals surface area contributed by atoms with E-state index in [1.54, 1.807) is 13.8 Å². The molecule has 0 heterocycles. The maximum Gasteiger partial charge on any atom is 0.427 e. The number of carbonyl (C=O) groups is 1. The Morgan fingerprint density at radius 1 is 1.30 bits per heavy atom. The van der Waals surface area contributed by atoms with Gasteiger partial charge in [-0.2, -0.15) is 0 Å². The standard InChI is InChI=1S/C12H16NO8PS/c1-4-19-22(17,20-5-2)23-21-9-6-7-11(13(15)16)10(8-9)12(14)18-3/h6-8H,4-5H2,1-3H3. The Bertz CT molecular complexity index is 613. The van der Waals surface area contributed by atoms with E-state index in [4.69, 9.17) is 13.2 Å². The number of benzene rings is 1. The first-order valence-electron chi connectivity index (χ1n) is 6.49. The first-order chi connectivity index (χ1) is 10.9. The molecule has 9 nitrogen and oxygen atoms in total. The maximum atomic E-state index is 12.2. The van der Waals surface area contributed by atoms with E-state index in [9.17, 15) is 19.5 Å². The van der Waals surface area contributed by atoms with Crippen LogP contribution in [0.15, 0.2) is 18.2 Å². The summed E-state index contributed by atoms with van der Waals surface area (Å²) in [6.45, 7) is 0.0836.